The molecule has 0 aliphatic heterocycles. The van der Waals surface area contributed by atoms with Crippen LogP contribution in [0.25, 0.3) is 0 Å². The molecule has 4 nitrogen and oxygen atoms in total. The molecule has 0 aliphatic carbocycles. The highest BCUT2D eigenvalue weighted by molar-refractivity contribution is 7.92. The third-order valence-corrected chi connectivity index (χ3v) is 4.61. The van der Waals surface area contributed by atoms with Crippen molar-refractivity contribution in [2.24, 2.45) is 5.92 Å². The van der Waals surface area contributed by atoms with Crippen molar-refractivity contribution in [3.8, 4) is 0 Å². The maximum Gasteiger partial charge on any atom is 0.153 e. The van der Waals surface area contributed by atoms with E-state index in [1.807, 2.05) is 13.8 Å². The molecule has 1 atom stereocenters. The van der Waals surface area contributed by atoms with Crippen LogP contribution in [-0.2, 0) is 9.84 Å². The fraction of sp³-hybridized carbons (Fsp3) is 1.00. The number of aliphatic hydroxyl groups is 1. The van der Waals surface area contributed by atoms with Crippen LogP contribution < -0.4 is 5.32 Å². The second-order valence-corrected chi connectivity index (χ2v) is 7.58. The number of aliphatic hydroxyl groups excluding tert-OH is 1. The lowest BCUT2D eigenvalue weighted by atomic mass is 10.1. The molecule has 0 rings (SSSR count). The van der Waals surface area contributed by atoms with Gasteiger partial charge in [0.05, 0.1) is 17.1 Å². The summed E-state index contributed by atoms with van der Waals surface area (Å²) in [6, 6.07) is 0. The Labute approximate surface area is 99.4 Å². The summed E-state index contributed by atoms with van der Waals surface area (Å²) in [4.78, 5) is 0. The molecule has 16 heavy (non-hydrogen) atoms. The van der Waals surface area contributed by atoms with E-state index in [2.05, 4.69) is 5.32 Å². The van der Waals surface area contributed by atoms with Gasteiger partial charge < -0.3 is 10.4 Å². The Morgan fingerprint density at radius 2 is 1.75 bits per heavy atom. The first-order valence-electron chi connectivity index (χ1n) is 5.86. The second kappa shape index (κ2) is 7.25. The molecule has 0 saturated heterocycles. The molecule has 0 spiro atoms. The van der Waals surface area contributed by atoms with Crippen LogP contribution in [0.1, 0.15) is 34.1 Å². The van der Waals surface area contributed by atoms with E-state index in [0.717, 1.165) is 6.42 Å². The van der Waals surface area contributed by atoms with Crippen molar-refractivity contribution < 1.29 is 13.5 Å². The molecule has 0 saturated carbocycles. The molecule has 98 valence electrons. The summed E-state index contributed by atoms with van der Waals surface area (Å²) < 4.78 is 22.9. The zero-order chi connectivity index (χ0) is 12.8. The molecule has 0 fully saturated rings. The van der Waals surface area contributed by atoms with E-state index < -0.39 is 9.84 Å². The summed E-state index contributed by atoms with van der Waals surface area (Å²) in [5.74, 6) is 0.593. The molecule has 0 aromatic rings. The number of nitrogens with one attached hydrogen (secondary N) is 1. The van der Waals surface area contributed by atoms with Crippen LogP contribution in [0.3, 0.4) is 0 Å². The Morgan fingerprint density at radius 1 is 1.19 bits per heavy atom. The van der Waals surface area contributed by atoms with Crippen molar-refractivity contribution in [2.75, 3.05) is 18.8 Å². The molecular weight excluding hydrogens is 226 g/mol. The minimum atomic E-state index is -2.96. The first-order valence-corrected chi connectivity index (χ1v) is 7.57. The number of hydrogen-bond acceptors (Lipinski definition) is 4. The summed E-state index contributed by atoms with van der Waals surface area (Å²) in [5, 5.41) is 12.2. The normalized spacial score (nSPS) is 14.7. The lowest BCUT2D eigenvalue weighted by Crippen LogP contribution is -2.33. The van der Waals surface area contributed by atoms with Crippen LogP contribution in [0, 0.1) is 5.92 Å². The number of rotatable bonds is 8. The van der Waals surface area contributed by atoms with E-state index in [-0.39, 0.29) is 17.1 Å². The van der Waals surface area contributed by atoms with Gasteiger partial charge in [-0.25, -0.2) is 8.42 Å². The van der Waals surface area contributed by atoms with Gasteiger partial charge in [-0.05, 0) is 26.2 Å². The van der Waals surface area contributed by atoms with Gasteiger partial charge in [0, 0.05) is 13.1 Å². The van der Waals surface area contributed by atoms with E-state index in [4.69, 9.17) is 0 Å². The first-order chi connectivity index (χ1) is 7.25. The second-order valence-electron chi connectivity index (χ2n) is 4.90. The molecule has 2 N–H and O–H groups in total. The first kappa shape index (κ1) is 15.9. The van der Waals surface area contributed by atoms with E-state index in [1.54, 1.807) is 13.8 Å². The fourth-order valence-corrected chi connectivity index (χ4v) is 2.25. The zero-order valence-corrected chi connectivity index (χ0v) is 11.5. The average molecular weight is 251 g/mol. The van der Waals surface area contributed by atoms with Crippen LogP contribution in [0.4, 0.5) is 0 Å². The van der Waals surface area contributed by atoms with Gasteiger partial charge in [0.15, 0.2) is 9.84 Å². The van der Waals surface area contributed by atoms with Crippen molar-refractivity contribution >= 4 is 9.84 Å². The Bertz CT molecular complexity index is 273. The molecule has 5 heteroatoms. The highest BCUT2D eigenvalue weighted by Gasteiger charge is 2.15. The van der Waals surface area contributed by atoms with E-state index in [0.29, 0.717) is 19.0 Å². The SMILES string of the molecule is CC(C)CC(O)CNCCS(=O)(=O)C(C)C. The van der Waals surface area contributed by atoms with Crippen molar-refractivity contribution in [3.63, 3.8) is 0 Å². The van der Waals surface area contributed by atoms with Crippen LogP contribution in [0.5, 0.6) is 0 Å². The van der Waals surface area contributed by atoms with Gasteiger partial charge in [0.25, 0.3) is 0 Å². The predicted octanol–water partition coefficient (Wildman–Crippen LogP) is 0.806. The lowest BCUT2D eigenvalue weighted by molar-refractivity contribution is 0.147. The van der Waals surface area contributed by atoms with Gasteiger partial charge >= 0.3 is 0 Å². The Kier molecular flexibility index (Phi) is 7.19. The van der Waals surface area contributed by atoms with Crippen LogP contribution in [-0.4, -0.2) is 43.7 Å². The van der Waals surface area contributed by atoms with Gasteiger partial charge in [-0.2, -0.15) is 0 Å². The third kappa shape index (κ3) is 7.19. The van der Waals surface area contributed by atoms with E-state index in [1.165, 1.54) is 0 Å². The smallest absolute Gasteiger partial charge is 0.153 e. The monoisotopic (exact) mass is 251 g/mol. The molecular formula is C11H25NO3S. The molecule has 0 radical (unpaired) electrons. The van der Waals surface area contributed by atoms with Crippen molar-refractivity contribution in [1.82, 2.24) is 5.32 Å². The van der Waals surface area contributed by atoms with Gasteiger partial charge in [0.2, 0.25) is 0 Å². The number of sulfone groups is 1. The minimum absolute atomic E-state index is 0.138. The van der Waals surface area contributed by atoms with Gasteiger partial charge in [-0.1, -0.05) is 13.8 Å². The largest absolute Gasteiger partial charge is 0.392 e. The molecule has 1 unspecified atom stereocenters. The molecule has 0 aliphatic rings. The molecule has 0 aromatic heterocycles. The Hall–Kier alpha value is -0.130. The molecule has 0 amide bonds. The predicted molar refractivity (Wildman–Crippen MR) is 67.3 cm³/mol. The highest BCUT2D eigenvalue weighted by atomic mass is 32.2. The quantitative estimate of drug-likeness (QED) is 0.626. The highest BCUT2D eigenvalue weighted by Crippen LogP contribution is 2.03. The zero-order valence-electron chi connectivity index (χ0n) is 10.7. The third-order valence-electron chi connectivity index (χ3n) is 2.41. The van der Waals surface area contributed by atoms with E-state index >= 15 is 0 Å². The summed E-state index contributed by atoms with van der Waals surface area (Å²) >= 11 is 0. The average Bonchev–Trinajstić information content (AvgIpc) is 2.11. The van der Waals surface area contributed by atoms with Crippen molar-refractivity contribution in [1.29, 1.82) is 0 Å². The van der Waals surface area contributed by atoms with Crippen LogP contribution in [0.2, 0.25) is 0 Å². The van der Waals surface area contributed by atoms with Gasteiger partial charge in [0.1, 0.15) is 0 Å². The van der Waals surface area contributed by atoms with E-state index in [9.17, 15) is 13.5 Å². The van der Waals surface area contributed by atoms with Gasteiger partial charge in [-0.3, -0.25) is 0 Å². The molecule has 0 heterocycles. The van der Waals surface area contributed by atoms with Crippen LogP contribution >= 0.6 is 0 Å². The maximum absolute atomic E-state index is 11.5. The standard InChI is InChI=1S/C11H25NO3S/c1-9(2)7-11(13)8-12-5-6-16(14,15)10(3)4/h9-13H,5-8H2,1-4H3. The topological polar surface area (TPSA) is 66.4 Å². The Balaban J connectivity index is 3.69. The number of hydrogen-bond donors (Lipinski definition) is 2. The fourth-order valence-electron chi connectivity index (χ4n) is 1.35. The summed E-state index contributed by atoms with van der Waals surface area (Å²) in [7, 11) is -2.96. The summed E-state index contributed by atoms with van der Waals surface area (Å²) in [6.45, 7) is 8.34. The maximum atomic E-state index is 11.5. The van der Waals surface area contributed by atoms with Gasteiger partial charge in [-0.15, -0.1) is 0 Å². The van der Waals surface area contributed by atoms with Crippen molar-refractivity contribution in [2.45, 2.75) is 45.5 Å². The van der Waals surface area contributed by atoms with Crippen molar-refractivity contribution in [3.05, 3.63) is 0 Å². The summed E-state index contributed by atoms with van der Waals surface area (Å²) in [6.07, 6.45) is 0.353. The summed E-state index contributed by atoms with van der Waals surface area (Å²) in [5.41, 5.74) is 0. The lowest BCUT2D eigenvalue weighted by Gasteiger charge is -2.14. The van der Waals surface area contributed by atoms with Crippen LogP contribution in [0.15, 0.2) is 0 Å². The minimum Gasteiger partial charge on any atom is -0.392 e. The molecule has 0 bridgehead atoms. The Morgan fingerprint density at radius 3 is 2.19 bits per heavy atom. The molecule has 0 aromatic carbocycles.